The van der Waals surface area contributed by atoms with Crippen molar-refractivity contribution in [2.24, 2.45) is 5.73 Å². The lowest BCUT2D eigenvalue weighted by molar-refractivity contribution is -0.144. The Hall–Kier alpha value is -1.80. The molecule has 3 N–H and O–H groups in total. The van der Waals surface area contributed by atoms with Crippen molar-refractivity contribution in [3.63, 3.8) is 0 Å². The van der Waals surface area contributed by atoms with E-state index in [2.05, 4.69) is 22.6 Å². The maximum Gasteiger partial charge on any atom is 0.323 e. The molecule has 5 nitrogen and oxygen atoms in total. The molecule has 2 rings (SSSR count). The fourth-order valence-electron chi connectivity index (χ4n) is 1.98. The lowest BCUT2D eigenvalue weighted by Gasteiger charge is -2.13. The minimum Gasteiger partial charge on any atom is -0.508 e. The number of esters is 1. The highest BCUT2D eigenvalue weighted by Crippen LogP contribution is 2.26. The van der Waals surface area contributed by atoms with E-state index in [1.54, 1.807) is 31.2 Å². The number of phenols is 1. The van der Waals surface area contributed by atoms with Gasteiger partial charge in [-0.25, -0.2) is 0 Å². The number of rotatable bonds is 6. The molecule has 0 aliphatic rings. The quantitative estimate of drug-likeness (QED) is 0.547. The molecule has 122 valence electrons. The first-order valence-corrected chi connectivity index (χ1v) is 8.25. The predicted molar refractivity (Wildman–Crippen MR) is 95.7 cm³/mol. The van der Waals surface area contributed by atoms with E-state index in [4.69, 9.17) is 15.2 Å². The average Bonchev–Trinajstić information content (AvgIpc) is 2.52. The molecule has 6 heteroatoms. The van der Waals surface area contributed by atoms with Crippen molar-refractivity contribution in [2.45, 2.75) is 19.4 Å². The molecule has 0 fully saturated rings. The third kappa shape index (κ3) is 5.11. The minimum atomic E-state index is -0.674. The van der Waals surface area contributed by atoms with E-state index in [9.17, 15) is 9.90 Å². The van der Waals surface area contributed by atoms with Crippen LogP contribution in [0, 0.1) is 3.57 Å². The summed E-state index contributed by atoms with van der Waals surface area (Å²) in [5.41, 5.74) is 6.81. The normalized spacial score (nSPS) is 11.8. The van der Waals surface area contributed by atoms with Gasteiger partial charge < -0.3 is 20.3 Å². The standard InChI is InChI=1S/C17H18INO4/c1-2-22-17(21)16(19)9-11-3-6-14(10-15(11)18)23-13-7-4-12(20)5-8-13/h3-8,10,16,20H,2,9,19H2,1H3. The maximum atomic E-state index is 11.6. The molecule has 0 saturated heterocycles. The van der Waals surface area contributed by atoms with Crippen molar-refractivity contribution in [3.05, 3.63) is 51.6 Å². The van der Waals surface area contributed by atoms with Gasteiger partial charge >= 0.3 is 5.97 Å². The predicted octanol–water partition coefficient (Wildman–Crippen LogP) is 3.22. The van der Waals surface area contributed by atoms with Gasteiger partial charge in [-0.15, -0.1) is 0 Å². The van der Waals surface area contributed by atoms with Gasteiger partial charge in [0, 0.05) is 3.57 Å². The Kier molecular flexibility index (Phi) is 6.23. The second-order valence-corrected chi connectivity index (χ2v) is 6.07. The van der Waals surface area contributed by atoms with Crippen molar-refractivity contribution in [3.8, 4) is 17.2 Å². The molecular formula is C17H18INO4. The first-order valence-electron chi connectivity index (χ1n) is 7.17. The number of ether oxygens (including phenoxy) is 2. The fraction of sp³-hybridized carbons (Fsp3) is 0.235. The van der Waals surface area contributed by atoms with Crippen LogP contribution in [0.25, 0.3) is 0 Å². The SMILES string of the molecule is CCOC(=O)C(N)Cc1ccc(Oc2ccc(O)cc2)cc1I. The van der Waals surface area contributed by atoms with Crippen LogP contribution in [0.15, 0.2) is 42.5 Å². The Morgan fingerprint density at radius 2 is 1.87 bits per heavy atom. The van der Waals surface area contributed by atoms with Crippen LogP contribution in [0.4, 0.5) is 0 Å². The largest absolute Gasteiger partial charge is 0.508 e. The third-order valence-electron chi connectivity index (χ3n) is 3.13. The summed E-state index contributed by atoms with van der Waals surface area (Å²) in [6, 6.07) is 11.4. The van der Waals surface area contributed by atoms with Crippen LogP contribution in [0.3, 0.4) is 0 Å². The van der Waals surface area contributed by atoms with Crippen molar-refractivity contribution in [1.29, 1.82) is 0 Å². The van der Waals surface area contributed by atoms with E-state index in [1.807, 2.05) is 18.2 Å². The Morgan fingerprint density at radius 1 is 1.22 bits per heavy atom. The van der Waals surface area contributed by atoms with Crippen LogP contribution in [0.1, 0.15) is 12.5 Å². The van der Waals surface area contributed by atoms with Gasteiger partial charge in [-0.05, 0) is 77.9 Å². The van der Waals surface area contributed by atoms with Gasteiger partial charge in [-0.3, -0.25) is 4.79 Å². The molecular weight excluding hydrogens is 409 g/mol. The summed E-state index contributed by atoms with van der Waals surface area (Å²) in [6.45, 7) is 2.08. The Morgan fingerprint density at radius 3 is 2.48 bits per heavy atom. The molecule has 0 aliphatic carbocycles. The molecule has 0 heterocycles. The van der Waals surface area contributed by atoms with E-state index >= 15 is 0 Å². The lowest BCUT2D eigenvalue weighted by atomic mass is 10.1. The number of benzene rings is 2. The summed E-state index contributed by atoms with van der Waals surface area (Å²) in [7, 11) is 0. The highest BCUT2D eigenvalue weighted by atomic mass is 127. The second kappa shape index (κ2) is 8.16. The smallest absolute Gasteiger partial charge is 0.323 e. The van der Waals surface area contributed by atoms with Crippen molar-refractivity contribution in [1.82, 2.24) is 0 Å². The fourth-order valence-corrected chi connectivity index (χ4v) is 2.68. The zero-order valence-corrected chi connectivity index (χ0v) is 14.8. The van der Waals surface area contributed by atoms with Crippen molar-refractivity contribution >= 4 is 28.6 Å². The van der Waals surface area contributed by atoms with E-state index in [-0.39, 0.29) is 5.75 Å². The first kappa shape index (κ1) is 17.6. The number of hydrogen-bond donors (Lipinski definition) is 2. The van der Waals surface area contributed by atoms with Gasteiger partial charge in [0.2, 0.25) is 0 Å². The second-order valence-electron chi connectivity index (χ2n) is 4.91. The monoisotopic (exact) mass is 427 g/mol. The zero-order chi connectivity index (χ0) is 16.8. The van der Waals surface area contributed by atoms with Gasteiger partial charge in [0.25, 0.3) is 0 Å². The van der Waals surface area contributed by atoms with Gasteiger partial charge in [0.15, 0.2) is 0 Å². The van der Waals surface area contributed by atoms with Gasteiger partial charge in [-0.1, -0.05) is 6.07 Å². The van der Waals surface area contributed by atoms with E-state index in [0.29, 0.717) is 24.5 Å². The third-order valence-corrected chi connectivity index (χ3v) is 4.13. The summed E-state index contributed by atoms with van der Waals surface area (Å²) in [4.78, 5) is 11.6. The number of halogens is 1. The molecule has 0 bridgehead atoms. The summed E-state index contributed by atoms with van der Waals surface area (Å²) < 4.78 is 11.6. The van der Waals surface area contributed by atoms with Crippen LogP contribution < -0.4 is 10.5 Å². The average molecular weight is 427 g/mol. The molecule has 0 saturated carbocycles. The summed E-state index contributed by atoms with van der Waals surface area (Å²) in [5.74, 6) is 1.10. The Bertz CT molecular complexity index is 673. The summed E-state index contributed by atoms with van der Waals surface area (Å²) in [6.07, 6.45) is 0.413. The Balaban J connectivity index is 2.05. The number of phenolic OH excluding ortho intramolecular Hbond substituents is 1. The minimum absolute atomic E-state index is 0.190. The molecule has 0 spiro atoms. The molecule has 0 amide bonds. The van der Waals surface area contributed by atoms with E-state index in [1.165, 1.54) is 0 Å². The van der Waals surface area contributed by atoms with Gasteiger partial charge in [0.05, 0.1) is 6.61 Å². The maximum absolute atomic E-state index is 11.6. The Labute approximate surface area is 148 Å². The van der Waals surface area contributed by atoms with Gasteiger partial charge in [0.1, 0.15) is 23.3 Å². The van der Waals surface area contributed by atoms with E-state index in [0.717, 1.165) is 9.13 Å². The number of hydrogen-bond acceptors (Lipinski definition) is 5. The lowest BCUT2D eigenvalue weighted by Crippen LogP contribution is -2.34. The van der Waals surface area contributed by atoms with Crippen LogP contribution in [-0.2, 0) is 16.0 Å². The highest BCUT2D eigenvalue weighted by Gasteiger charge is 2.16. The first-order chi connectivity index (χ1) is 11.0. The highest BCUT2D eigenvalue weighted by molar-refractivity contribution is 14.1. The molecule has 0 aromatic heterocycles. The number of carbonyl (C=O) groups is 1. The number of nitrogens with two attached hydrogens (primary N) is 1. The molecule has 0 radical (unpaired) electrons. The van der Waals surface area contributed by atoms with Crippen LogP contribution >= 0.6 is 22.6 Å². The molecule has 1 unspecified atom stereocenters. The molecule has 23 heavy (non-hydrogen) atoms. The zero-order valence-electron chi connectivity index (χ0n) is 12.7. The summed E-state index contributed by atoms with van der Waals surface area (Å²) in [5, 5.41) is 9.26. The molecule has 0 aliphatic heterocycles. The van der Waals surface area contributed by atoms with Gasteiger partial charge in [-0.2, -0.15) is 0 Å². The number of carbonyl (C=O) groups excluding carboxylic acids is 1. The van der Waals surface area contributed by atoms with Crippen molar-refractivity contribution < 1.29 is 19.4 Å². The van der Waals surface area contributed by atoms with Crippen LogP contribution in [0.5, 0.6) is 17.2 Å². The molecule has 2 aromatic rings. The molecule has 1 atom stereocenters. The molecule has 2 aromatic carbocycles. The van der Waals surface area contributed by atoms with Crippen LogP contribution in [-0.4, -0.2) is 23.7 Å². The topological polar surface area (TPSA) is 81.8 Å². The van der Waals surface area contributed by atoms with Crippen LogP contribution in [0.2, 0.25) is 0 Å². The van der Waals surface area contributed by atoms with Crippen molar-refractivity contribution in [2.75, 3.05) is 6.61 Å². The summed E-state index contributed by atoms with van der Waals surface area (Å²) >= 11 is 2.18. The number of aromatic hydroxyl groups is 1. The van der Waals surface area contributed by atoms with E-state index < -0.39 is 12.0 Å².